The molecule has 0 atom stereocenters. The molecule has 0 radical (unpaired) electrons. The monoisotopic (exact) mass is 226 g/mol. The van der Waals surface area contributed by atoms with E-state index in [-0.39, 0.29) is 18.1 Å². The Hall–Kier alpha value is -0.610. The summed E-state index contributed by atoms with van der Waals surface area (Å²) in [6.45, 7) is 8.22. The predicted molar refractivity (Wildman–Crippen MR) is 62.2 cm³/mol. The number of rotatable bonds is 2. The number of nitrogens with zero attached hydrogens (tertiary/aromatic N) is 1. The third-order valence-electron chi connectivity index (χ3n) is 3.43. The first-order valence-corrected chi connectivity index (χ1v) is 6.24. The van der Waals surface area contributed by atoms with Gasteiger partial charge in [0.1, 0.15) is 6.61 Å². The third kappa shape index (κ3) is 2.55. The zero-order chi connectivity index (χ0) is 11.6. The van der Waals surface area contributed by atoms with Gasteiger partial charge in [-0.2, -0.15) is 0 Å². The second-order valence-electron chi connectivity index (χ2n) is 5.39. The predicted octanol–water partition coefficient (Wildman–Crippen LogP) is 0.623. The number of ether oxygens (including phenoxy) is 1. The highest BCUT2D eigenvalue weighted by atomic mass is 16.5. The SMILES string of the molecule is CC(C)CN1CC2(CCNCC2)OCC1=O. The van der Waals surface area contributed by atoms with E-state index in [0.29, 0.717) is 5.92 Å². The van der Waals surface area contributed by atoms with Crippen molar-refractivity contribution >= 4 is 5.91 Å². The summed E-state index contributed by atoms with van der Waals surface area (Å²) in [5, 5.41) is 3.34. The summed E-state index contributed by atoms with van der Waals surface area (Å²) in [6, 6.07) is 0. The van der Waals surface area contributed by atoms with Crippen molar-refractivity contribution in [2.45, 2.75) is 32.3 Å². The second-order valence-corrected chi connectivity index (χ2v) is 5.39. The van der Waals surface area contributed by atoms with Crippen molar-refractivity contribution in [2.75, 3.05) is 32.8 Å². The summed E-state index contributed by atoms with van der Waals surface area (Å²) >= 11 is 0. The summed E-state index contributed by atoms with van der Waals surface area (Å²) in [6.07, 6.45) is 2.05. The molecule has 1 amide bonds. The molecule has 0 aromatic heterocycles. The molecule has 0 unspecified atom stereocenters. The minimum absolute atomic E-state index is 0.0615. The Morgan fingerprint density at radius 2 is 2.12 bits per heavy atom. The van der Waals surface area contributed by atoms with Gasteiger partial charge < -0.3 is 15.0 Å². The number of carbonyl (C=O) groups excluding carboxylic acids is 1. The van der Waals surface area contributed by atoms with E-state index in [0.717, 1.165) is 39.0 Å². The third-order valence-corrected chi connectivity index (χ3v) is 3.43. The number of morpholine rings is 1. The Bertz CT molecular complexity index is 260. The highest BCUT2D eigenvalue weighted by Gasteiger charge is 2.40. The molecule has 1 N–H and O–H groups in total. The number of hydrogen-bond donors (Lipinski definition) is 1. The van der Waals surface area contributed by atoms with Crippen LogP contribution >= 0.6 is 0 Å². The molecule has 0 bridgehead atoms. The molecular weight excluding hydrogens is 204 g/mol. The quantitative estimate of drug-likeness (QED) is 0.750. The average molecular weight is 226 g/mol. The summed E-state index contributed by atoms with van der Waals surface area (Å²) < 4.78 is 5.80. The van der Waals surface area contributed by atoms with Gasteiger partial charge in [-0.3, -0.25) is 4.79 Å². The molecular formula is C12H22N2O2. The van der Waals surface area contributed by atoms with Gasteiger partial charge in [0.15, 0.2) is 0 Å². The number of carbonyl (C=O) groups is 1. The lowest BCUT2D eigenvalue weighted by Gasteiger charge is -2.45. The van der Waals surface area contributed by atoms with Gasteiger partial charge in [0.2, 0.25) is 5.91 Å². The maximum Gasteiger partial charge on any atom is 0.248 e. The maximum atomic E-state index is 11.7. The average Bonchev–Trinajstić information content (AvgIpc) is 2.24. The van der Waals surface area contributed by atoms with E-state index in [1.165, 1.54) is 0 Å². The Morgan fingerprint density at radius 1 is 1.44 bits per heavy atom. The Morgan fingerprint density at radius 3 is 2.75 bits per heavy atom. The summed E-state index contributed by atoms with van der Waals surface area (Å²) in [4.78, 5) is 13.7. The molecule has 0 aromatic carbocycles. The molecule has 4 nitrogen and oxygen atoms in total. The topological polar surface area (TPSA) is 41.6 Å². The fraction of sp³-hybridized carbons (Fsp3) is 0.917. The molecule has 0 saturated carbocycles. The van der Waals surface area contributed by atoms with Gasteiger partial charge in [0.05, 0.1) is 5.60 Å². The molecule has 4 heteroatoms. The molecule has 16 heavy (non-hydrogen) atoms. The van der Waals surface area contributed by atoms with Gasteiger partial charge in [-0.25, -0.2) is 0 Å². The van der Waals surface area contributed by atoms with E-state index in [1.54, 1.807) is 0 Å². The fourth-order valence-corrected chi connectivity index (χ4v) is 2.58. The zero-order valence-corrected chi connectivity index (χ0v) is 10.3. The number of nitrogens with one attached hydrogen (secondary N) is 1. The van der Waals surface area contributed by atoms with E-state index in [4.69, 9.17) is 4.74 Å². The van der Waals surface area contributed by atoms with Crippen LogP contribution in [0, 0.1) is 5.92 Å². The van der Waals surface area contributed by atoms with Crippen LogP contribution in [0.1, 0.15) is 26.7 Å². The minimum Gasteiger partial charge on any atom is -0.363 e. The lowest BCUT2D eigenvalue weighted by atomic mass is 9.90. The summed E-state index contributed by atoms with van der Waals surface area (Å²) in [5.74, 6) is 0.679. The molecule has 2 fully saturated rings. The standard InChI is InChI=1S/C12H22N2O2/c1-10(2)7-14-9-12(16-8-11(14)15)3-5-13-6-4-12/h10,13H,3-9H2,1-2H3. The van der Waals surface area contributed by atoms with Crippen LogP contribution < -0.4 is 5.32 Å². The van der Waals surface area contributed by atoms with Crippen molar-refractivity contribution < 1.29 is 9.53 Å². The van der Waals surface area contributed by atoms with Crippen LogP contribution in [0.5, 0.6) is 0 Å². The highest BCUT2D eigenvalue weighted by Crippen LogP contribution is 2.28. The first-order chi connectivity index (χ1) is 7.61. The van der Waals surface area contributed by atoms with E-state index in [1.807, 2.05) is 4.90 Å². The van der Waals surface area contributed by atoms with E-state index in [9.17, 15) is 4.79 Å². The number of amides is 1. The van der Waals surface area contributed by atoms with Crippen LogP contribution in [0.2, 0.25) is 0 Å². The van der Waals surface area contributed by atoms with Gasteiger partial charge in [-0.15, -0.1) is 0 Å². The Kier molecular flexibility index (Phi) is 3.50. The van der Waals surface area contributed by atoms with Crippen LogP contribution in [0.25, 0.3) is 0 Å². The van der Waals surface area contributed by atoms with Crippen molar-refractivity contribution in [2.24, 2.45) is 5.92 Å². The fourth-order valence-electron chi connectivity index (χ4n) is 2.58. The van der Waals surface area contributed by atoms with Crippen molar-refractivity contribution in [1.82, 2.24) is 10.2 Å². The molecule has 2 heterocycles. The van der Waals surface area contributed by atoms with E-state index < -0.39 is 0 Å². The molecule has 1 spiro atoms. The molecule has 0 aliphatic carbocycles. The van der Waals surface area contributed by atoms with E-state index in [2.05, 4.69) is 19.2 Å². The van der Waals surface area contributed by atoms with Crippen LogP contribution in [0.3, 0.4) is 0 Å². The molecule has 0 aromatic rings. The minimum atomic E-state index is -0.0615. The van der Waals surface area contributed by atoms with Crippen molar-refractivity contribution in [3.8, 4) is 0 Å². The largest absolute Gasteiger partial charge is 0.363 e. The van der Waals surface area contributed by atoms with Crippen molar-refractivity contribution in [1.29, 1.82) is 0 Å². The Labute approximate surface area is 97.3 Å². The van der Waals surface area contributed by atoms with E-state index >= 15 is 0 Å². The van der Waals surface area contributed by atoms with Gasteiger partial charge in [0, 0.05) is 13.1 Å². The van der Waals surface area contributed by atoms with Gasteiger partial charge in [-0.1, -0.05) is 13.8 Å². The maximum absolute atomic E-state index is 11.7. The highest BCUT2D eigenvalue weighted by molar-refractivity contribution is 5.78. The normalized spacial score (nSPS) is 25.4. The first kappa shape index (κ1) is 11.9. The lowest BCUT2D eigenvalue weighted by molar-refractivity contribution is -0.168. The lowest BCUT2D eigenvalue weighted by Crippen LogP contribution is -2.58. The van der Waals surface area contributed by atoms with Crippen LogP contribution in [0.4, 0.5) is 0 Å². The van der Waals surface area contributed by atoms with Crippen LogP contribution in [0.15, 0.2) is 0 Å². The first-order valence-electron chi connectivity index (χ1n) is 6.24. The molecule has 92 valence electrons. The number of piperidine rings is 1. The molecule has 2 rings (SSSR count). The van der Waals surface area contributed by atoms with Crippen molar-refractivity contribution in [3.05, 3.63) is 0 Å². The van der Waals surface area contributed by atoms with Crippen LogP contribution in [-0.4, -0.2) is 49.2 Å². The number of hydrogen-bond acceptors (Lipinski definition) is 3. The smallest absolute Gasteiger partial charge is 0.248 e. The van der Waals surface area contributed by atoms with Crippen LogP contribution in [-0.2, 0) is 9.53 Å². The summed E-state index contributed by atoms with van der Waals surface area (Å²) in [5.41, 5.74) is -0.0615. The van der Waals surface area contributed by atoms with Gasteiger partial charge >= 0.3 is 0 Å². The zero-order valence-electron chi connectivity index (χ0n) is 10.3. The van der Waals surface area contributed by atoms with Gasteiger partial charge in [0.25, 0.3) is 0 Å². The second kappa shape index (κ2) is 4.72. The molecule has 2 aliphatic rings. The van der Waals surface area contributed by atoms with Gasteiger partial charge in [-0.05, 0) is 31.8 Å². The molecule has 2 aliphatic heterocycles. The van der Waals surface area contributed by atoms with Crippen molar-refractivity contribution in [3.63, 3.8) is 0 Å². The summed E-state index contributed by atoms with van der Waals surface area (Å²) in [7, 11) is 0. The Balaban J connectivity index is 2.00. The molecule has 2 saturated heterocycles.